The van der Waals surface area contributed by atoms with Crippen LogP contribution in [0.4, 0.5) is 0 Å². The zero-order chi connectivity index (χ0) is 15.3. The molecule has 0 aliphatic carbocycles. The molecule has 110 valence electrons. The summed E-state index contributed by atoms with van der Waals surface area (Å²) in [5.74, 6) is 0.523. The van der Waals surface area contributed by atoms with Crippen LogP contribution in [-0.4, -0.2) is 16.2 Å². The van der Waals surface area contributed by atoms with Crippen molar-refractivity contribution in [1.29, 1.82) is 0 Å². The third kappa shape index (κ3) is 1.99. The van der Waals surface area contributed by atoms with Gasteiger partial charge in [0.1, 0.15) is 0 Å². The minimum absolute atomic E-state index is 0.0278. The molecule has 0 radical (unpaired) electrons. The summed E-state index contributed by atoms with van der Waals surface area (Å²) in [6, 6.07) is 8.72. The summed E-state index contributed by atoms with van der Waals surface area (Å²) in [5.41, 5.74) is 1.89. The highest BCUT2D eigenvalue weighted by Gasteiger charge is 2.24. The molecule has 3 heterocycles. The van der Waals surface area contributed by atoms with Crippen molar-refractivity contribution in [2.45, 2.75) is 6.42 Å². The number of aromatic nitrogens is 2. The molecule has 1 aliphatic heterocycles. The van der Waals surface area contributed by atoms with Gasteiger partial charge in [-0.15, -0.1) is 0 Å². The zero-order valence-corrected chi connectivity index (χ0v) is 12.9. The molecule has 0 saturated carbocycles. The van der Waals surface area contributed by atoms with Gasteiger partial charge in [0.25, 0.3) is 0 Å². The third-order valence-electron chi connectivity index (χ3n) is 3.67. The summed E-state index contributed by atoms with van der Waals surface area (Å²) in [4.78, 5) is 16.9. The van der Waals surface area contributed by atoms with Crippen molar-refractivity contribution < 1.29 is 4.74 Å². The fraction of sp³-hybridized carbons (Fsp3) is 0.125. The minimum Gasteiger partial charge on any atom is -0.478 e. The van der Waals surface area contributed by atoms with Gasteiger partial charge in [0, 0.05) is 22.7 Å². The number of fused-ring (bicyclic) bond motifs is 2. The fourth-order valence-corrected chi connectivity index (χ4v) is 3.29. The first-order chi connectivity index (χ1) is 10.6. The predicted molar refractivity (Wildman–Crippen MR) is 86.6 cm³/mol. The van der Waals surface area contributed by atoms with Gasteiger partial charge >= 0.3 is 0 Å². The van der Waals surface area contributed by atoms with Crippen LogP contribution < -0.4 is 10.2 Å². The molecule has 4 rings (SSSR count). The lowest BCUT2D eigenvalue weighted by atomic mass is 10.1. The Hall–Kier alpha value is -2.04. The molecule has 6 heteroatoms. The van der Waals surface area contributed by atoms with E-state index >= 15 is 0 Å². The molecular formula is C16H10Cl2N2O2. The van der Waals surface area contributed by atoms with Gasteiger partial charge in [-0.1, -0.05) is 23.2 Å². The Labute approximate surface area is 135 Å². The summed E-state index contributed by atoms with van der Waals surface area (Å²) in [6.45, 7) is 0.481. The van der Waals surface area contributed by atoms with Crippen LogP contribution in [0.2, 0.25) is 10.0 Å². The summed E-state index contributed by atoms with van der Waals surface area (Å²) in [5, 5.41) is 1.58. The van der Waals surface area contributed by atoms with Gasteiger partial charge in [-0.3, -0.25) is 9.36 Å². The summed E-state index contributed by atoms with van der Waals surface area (Å²) in [6.07, 6.45) is 2.24. The average Bonchev–Trinajstić information content (AvgIpc) is 2.96. The number of pyridine rings is 2. The number of nitrogens with zero attached hydrogens (tertiary/aromatic N) is 2. The highest BCUT2D eigenvalue weighted by molar-refractivity contribution is 6.34. The van der Waals surface area contributed by atoms with E-state index < -0.39 is 0 Å². The van der Waals surface area contributed by atoms with E-state index in [-0.39, 0.29) is 5.43 Å². The molecule has 0 saturated heterocycles. The van der Waals surface area contributed by atoms with Gasteiger partial charge in [0.05, 0.1) is 23.2 Å². The number of rotatable bonds is 1. The lowest BCUT2D eigenvalue weighted by Crippen LogP contribution is -2.14. The van der Waals surface area contributed by atoms with E-state index in [0.29, 0.717) is 45.5 Å². The van der Waals surface area contributed by atoms with E-state index in [1.807, 2.05) is 0 Å². The molecule has 0 fully saturated rings. The molecule has 0 unspecified atom stereocenters. The minimum atomic E-state index is -0.0278. The second kappa shape index (κ2) is 5.00. The van der Waals surface area contributed by atoms with Gasteiger partial charge in [-0.2, -0.15) is 0 Å². The molecule has 0 atom stereocenters. The molecule has 0 amide bonds. The van der Waals surface area contributed by atoms with Gasteiger partial charge in [-0.25, -0.2) is 4.98 Å². The second-order valence-corrected chi connectivity index (χ2v) is 5.92. The van der Waals surface area contributed by atoms with Crippen LogP contribution in [0, 0.1) is 0 Å². The quantitative estimate of drug-likeness (QED) is 0.683. The first-order valence-corrected chi connectivity index (χ1v) is 7.52. The van der Waals surface area contributed by atoms with Crippen molar-refractivity contribution in [2.75, 3.05) is 6.61 Å². The number of hydrogen-bond acceptors (Lipinski definition) is 3. The number of benzene rings is 1. The monoisotopic (exact) mass is 332 g/mol. The Morgan fingerprint density at radius 1 is 1.18 bits per heavy atom. The first-order valence-electron chi connectivity index (χ1n) is 6.77. The Morgan fingerprint density at radius 2 is 1.95 bits per heavy atom. The summed E-state index contributed by atoms with van der Waals surface area (Å²) in [7, 11) is 0. The summed E-state index contributed by atoms with van der Waals surface area (Å²) < 4.78 is 7.49. The topological polar surface area (TPSA) is 44.1 Å². The van der Waals surface area contributed by atoms with Crippen molar-refractivity contribution in [3.05, 3.63) is 62.4 Å². The zero-order valence-electron chi connectivity index (χ0n) is 11.3. The van der Waals surface area contributed by atoms with Crippen LogP contribution >= 0.6 is 23.2 Å². The number of ether oxygens (including phenoxy) is 1. The Morgan fingerprint density at radius 3 is 2.73 bits per heavy atom. The van der Waals surface area contributed by atoms with Crippen LogP contribution in [0.3, 0.4) is 0 Å². The maximum atomic E-state index is 12.6. The predicted octanol–water partition coefficient (Wildman–Crippen LogP) is 3.63. The average molecular weight is 333 g/mol. The van der Waals surface area contributed by atoms with E-state index in [9.17, 15) is 4.79 Å². The first kappa shape index (κ1) is 13.6. The van der Waals surface area contributed by atoms with Crippen molar-refractivity contribution in [2.24, 2.45) is 0 Å². The van der Waals surface area contributed by atoms with Crippen LogP contribution in [0.25, 0.3) is 16.7 Å². The Balaban J connectivity index is 2.18. The lowest BCUT2D eigenvalue weighted by molar-refractivity contribution is 0.338. The van der Waals surface area contributed by atoms with E-state index in [2.05, 4.69) is 4.98 Å². The van der Waals surface area contributed by atoms with Gasteiger partial charge in [-0.05, 0) is 30.3 Å². The normalized spacial score (nSPS) is 13.2. The third-order valence-corrected chi connectivity index (χ3v) is 4.11. The van der Waals surface area contributed by atoms with Gasteiger partial charge in [0.15, 0.2) is 11.1 Å². The van der Waals surface area contributed by atoms with Gasteiger partial charge in [0.2, 0.25) is 5.88 Å². The molecule has 1 aromatic carbocycles. The Bertz CT molecular complexity index is 946. The molecule has 0 N–H and O–H groups in total. The highest BCUT2D eigenvalue weighted by atomic mass is 35.5. The molecule has 2 aromatic heterocycles. The standard InChI is InChI=1S/C16H10Cl2N2O2/c17-9-6-10(18)8-11(7-9)20-15-12(2-1-4-19-15)14(21)13-3-5-22-16(13)20/h1-2,4,6-8H,3,5H2. The fourth-order valence-electron chi connectivity index (χ4n) is 2.77. The van der Waals surface area contributed by atoms with Crippen molar-refractivity contribution in [1.82, 2.24) is 9.55 Å². The highest BCUT2D eigenvalue weighted by Crippen LogP contribution is 2.32. The maximum Gasteiger partial charge on any atom is 0.207 e. The van der Waals surface area contributed by atoms with Crippen molar-refractivity contribution in [3.8, 4) is 11.6 Å². The molecule has 22 heavy (non-hydrogen) atoms. The number of hydrogen-bond donors (Lipinski definition) is 0. The van der Waals surface area contributed by atoms with Crippen LogP contribution in [0.5, 0.6) is 5.88 Å². The summed E-state index contributed by atoms with van der Waals surface area (Å²) >= 11 is 12.2. The maximum absolute atomic E-state index is 12.6. The number of halogens is 2. The Kier molecular flexibility index (Phi) is 3.10. The molecule has 4 nitrogen and oxygen atoms in total. The second-order valence-electron chi connectivity index (χ2n) is 5.05. The smallest absolute Gasteiger partial charge is 0.207 e. The van der Waals surface area contributed by atoms with E-state index in [1.165, 1.54) is 0 Å². The largest absolute Gasteiger partial charge is 0.478 e. The molecule has 1 aliphatic rings. The SMILES string of the molecule is O=c1c2c(n(-c3cc(Cl)cc(Cl)c3)c3ncccc13)OCC2. The molecule has 0 spiro atoms. The molecular weight excluding hydrogens is 323 g/mol. The van der Waals surface area contributed by atoms with Crippen molar-refractivity contribution >= 4 is 34.2 Å². The molecule has 3 aromatic rings. The van der Waals surface area contributed by atoms with Crippen LogP contribution in [0.15, 0.2) is 41.3 Å². The van der Waals surface area contributed by atoms with E-state index in [4.69, 9.17) is 27.9 Å². The van der Waals surface area contributed by atoms with Crippen molar-refractivity contribution in [3.63, 3.8) is 0 Å². The van der Waals surface area contributed by atoms with Crippen LogP contribution in [-0.2, 0) is 6.42 Å². The lowest BCUT2D eigenvalue weighted by Gasteiger charge is -2.15. The van der Waals surface area contributed by atoms with E-state index in [0.717, 1.165) is 5.69 Å². The molecule has 0 bridgehead atoms. The van der Waals surface area contributed by atoms with Gasteiger partial charge < -0.3 is 4.74 Å². The van der Waals surface area contributed by atoms with Crippen LogP contribution in [0.1, 0.15) is 5.56 Å². The van der Waals surface area contributed by atoms with E-state index in [1.54, 1.807) is 41.1 Å².